The number of nitrogens with one attached hydrogen (secondary N) is 1. The molecule has 3 unspecified atom stereocenters. The van der Waals surface area contributed by atoms with Crippen molar-refractivity contribution in [3.05, 3.63) is 0 Å². The third-order valence-electron chi connectivity index (χ3n) is 3.88. The molecule has 0 saturated heterocycles. The fraction of sp³-hybridized carbons (Fsp3) is 0.929. The van der Waals surface area contributed by atoms with Gasteiger partial charge in [-0.05, 0) is 37.6 Å². The van der Waals surface area contributed by atoms with Crippen molar-refractivity contribution in [2.45, 2.75) is 47.0 Å². The zero-order chi connectivity index (χ0) is 12.6. The Bertz CT molecular complexity index is 199. The van der Waals surface area contributed by atoms with E-state index in [0.717, 1.165) is 18.4 Å². The fourth-order valence-electron chi connectivity index (χ4n) is 2.02. The number of aliphatic imine (C=N–C) groups is 1. The predicted octanol–water partition coefficient (Wildman–Crippen LogP) is 3.38. The van der Waals surface area contributed by atoms with Gasteiger partial charge in [0.25, 0.3) is 0 Å². The maximum atomic E-state index is 4.37. The second-order valence-corrected chi connectivity index (χ2v) is 5.09. The zero-order valence-electron chi connectivity index (χ0n) is 12.0. The Labute approximate surface area is 102 Å². The van der Waals surface area contributed by atoms with Crippen LogP contribution >= 0.6 is 0 Å². The minimum atomic E-state index is 0.615. The summed E-state index contributed by atoms with van der Waals surface area (Å²) in [6, 6.07) is 0. The van der Waals surface area contributed by atoms with Crippen LogP contribution in [-0.2, 0) is 0 Å². The SMILES string of the molecule is CCC(C)C(C)CCC(C)C(CNC)=NC. The summed E-state index contributed by atoms with van der Waals surface area (Å²) >= 11 is 0. The van der Waals surface area contributed by atoms with Gasteiger partial charge in [-0.25, -0.2) is 0 Å². The van der Waals surface area contributed by atoms with Gasteiger partial charge in [0.05, 0.1) is 0 Å². The Kier molecular flexibility index (Phi) is 8.54. The molecule has 2 nitrogen and oxygen atoms in total. The summed E-state index contributed by atoms with van der Waals surface area (Å²) in [7, 11) is 3.89. The Morgan fingerprint density at radius 3 is 2.19 bits per heavy atom. The molecule has 0 fully saturated rings. The summed E-state index contributed by atoms with van der Waals surface area (Å²) in [6.45, 7) is 10.2. The third kappa shape index (κ3) is 5.64. The Morgan fingerprint density at radius 1 is 1.12 bits per heavy atom. The molecule has 1 N–H and O–H groups in total. The largest absolute Gasteiger partial charge is 0.315 e. The lowest BCUT2D eigenvalue weighted by molar-refractivity contribution is 0.338. The molecule has 0 aromatic heterocycles. The summed E-state index contributed by atoms with van der Waals surface area (Å²) in [6.07, 6.45) is 3.87. The van der Waals surface area contributed by atoms with Crippen LogP contribution in [0.15, 0.2) is 4.99 Å². The Balaban J connectivity index is 4.00. The minimum absolute atomic E-state index is 0.615. The molecule has 0 bridgehead atoms. The first-order valence-corrected chi connectivity index (χ1v) is 6.66. The highest BCUT2D eigenvalue weighted by Gasteiger charge is 2.14. The fourth-order valence-corrected chi connectivity index (χ4v) is 2.02. The predicted molar refractivity (Wildman–Crippen MR) is 74.3 cm³/mol. The van der Waals surface area contributed by atoms with Crippen LogP contribution in [-0.4, -0.2) is 26.4 Å². The first-order valence-electron chi connectivity index (χ1n) is 6.66. The Hall–Kier alpha value is -0.370. The second kappa shape index (κ2) is 8.74. The molecule has 16 heavy (non-hydrogen) atoms. The lowest BCUT2D eigenvalue weighted by Crippen LogP contribution is -2.25. The number of hydrogen-bond acceptors (Lipinski definition) is 2. The molecule has 0 rings (SSSR count). The summed E-state index contributed by atoms with van der Waals surface area (Å²) in [5.41, 5.74) is 1.30. The van der Waals surface area contributed by atoms with E-state index in [-0.39, 0.29) is 0 Å². The first-order chi connectivity index (χ1) is 7.56. The van der Waals surface area contributed by atoms with E-state index in [2.05, 4.69) is 38.0 Å². The van der Waals surface area contributed by atoms with Gasteiger partial charge >= 0.3 is 0 Å². The molecular formula is C14H30N2. The number of nitrogens with zero attached hydrogens (tertiary/aromatic N) is 1. The van der Waals surface area contributed by atoms with E-state index in [0.29, 0.717) is 5.92 Å². The van der Waals surface area contributed by atoms with Gasteiger partial charge in [-0.15, -0.1) is 0 Å². The van der Waals surface area contributed by atoms with E-state index in [1.807, 2.05) is 14.1 Å². The van der Waals surface area contributed by atoms with Gasteiger partial charge in [-0.1, -0.05) is 34.1 Å². The van der Waals surface area contributed by atoms with Crippen molar-refractivity contribution in [3.63, 3.8) is 0 Å². The van der Waals surface area contributed by atoms with Crippen LogP contribution in [0.3, 0.4) is 0 Å². The van der Waals surface area contributed by atoms with Crippen molar-refractivity contribution < 1.29 is 0 Å². The van der Waals surface area contributed by atoms with E-state index < -0.39 is 0 Å². The van der Waals surface area contributed by atoms with Gasteiger partial charge in [0, 0.05) is 19.3 Å². The van der Waals surface area contributed by atoms with Crippen LogP contribution in [0.2, 0.25) is 0 Å². The summed E-state index contributed by atoms with van der Waals surface area (Å²) in [5.74, 6) is 2.29. The average molecular weight is 226 g/mol. The van der Waals surface area contributed by atoms with E-state index >= 15 is 0 Å². The molecular weight excluding hydrogens is 196 g/mol. The van der Waals surface area contributed by atoms with E-state index in [4.69, 9.17) is 0 Å². The molecule has 0 aromatic carbocycles. The molecule has 0 aliphatic heterocycles. The van der Waals surface area contributed by atoms with Crippen molar-refractivity contribution in [2.75, 3.05) is 20.6 Å². The maximum absolute atomic E-state index is 4.37. The molecule has 0 aliphatic carbocycles. The van der Waals surface area contributed by atoms with Gasteiger partial charge in [0.2, 0.25) is 0 Å². The van der Waals surface area contributed by atoms with Crippen molar-refractivity contribution >= 4 is 5.71 Å². The van der Waals surface area contributed by atoms with Gasteiger partial charge in [-0.2, -0.15) is 0 Å². The van der Waals surface area contributed by atoms with Crippen LogP contribution in [0.5, 0.6) is 0 Å². The normalized spacial score (nSPS) is 18.2. The van der Waals surface area contributed by atoms with Crippen LogP contribution in [0.4, 0.5) is 0 Å². The quantitative estimate of drug-likeness (QED) is 0.630. The molecule has 0 heterocycles. The van der Waals surface area contributed by atoms with E-state index in [1.54, 1.807) is 0 Å². The lowest BCUT2D eigenvalue weighted by Gasteiger charge is -2.21. The highest BCUT2D eigenvalue weighted by molar-refractivity contribution is 5.88. The van der Waals surface area contributed by atoms with Crippen LogP contribution < -0.4 is 5.32 Å². The number of hydrogen-bond donors (Lipinski definition) is 1. The third-order valence-corrected chi connectivity index (χ3v) is 3.88. The molecule has 0 aliphatic rings. The standard InChI is InChI=1S/C14H30N2/c1-7-11(2)12(3)8-9-13(4)14(16-6)10-15-5/h11-13,15H,7-10H2,1-6H3. The smallest absolute Gasteiger partial charge is 0.0335 e. The molecule has 0 radical (unpaired) electrons. The van der Waals surface area contributed by atoms with Gasteiger partial charge in [-0.3, -0.25) is 4.99 Å². The van der Waals surface area contributed by atoms with Crippen LogP contribution in [0.25, 0.3) is 0 Å². The maximum Gasteiger partial charge on any atom is 0.0335 e. The van der Waals surface area contributed by atoms with Crippen molar-refractivity contribution in [3.8, 4) is 0 Å². The molecule has 2 heteroatoms. The Morgan fingerprint density at radius 2 is 1.75 bits per heavy atom. The second-order valence-electron chi connectivity index (χ2n) is 5.09. The van der Waals surface area contributed by atoms with Crippen molar-refractivity contribution in [1.82, 2.24) is 5.32 Å². The van der Waals surface area contributed by atoms with Crippen LogP contribution in [0.1, 0.15) is 47.0 Å². The van der Waals surface area contributed by atoms with Gasteiger partial charge in [0.15, 0.2) is 0 Å². The van der Waals surface area contributed by atoms with Gasteiger partial charge in [0.1, 0.15) is 0 Å². The summed E-state index contributed by atoms with van der Waals surface area (Å²) < 4.78 is 0. The zero-order valence-corrected chi connectivity index (χ0v) is 12.0. The molecule has 96 valence electrons. The molecule has 0 amide bonds. The van der Waals surface area contributed by atoms with Gasteiger partial charge < -0.3 is 5.32 Å². The molecule has 0 spiro atoms. The summed E-state index contributed by atoms with van der Waals surface area (Å²) in [4.78, 5) is 4.37. The molecule has 3 atom stereocenters. The minimum Gasteiger partial charge on any atom is -0.315 e. The number of rotatable bonds is 8. The topological polar surface area (TPSA) is 24.4 Å². The van der Waals surface area contributed by atoms with E-state index in [9.17, 15) is 0 Å². The van der Waals surface area contributed by atoms with Crippen molar-refractivity contribution in [2.24, 2.45) is 22.7 Å². The van der Waals surface area contributed by atoms with Crippen LogP contribution in [0, 0.1) is 17.8 Å². The summed E-state index contributed by atoms with van der Waals surface area (Å²) in [5, 5.41) is 3.19. The highest BCUT2D eigenvalue weighted by atomic mass is 14.8. The highest BCUT2D eigenvalue weighted by Crippen LogP contribution is 2.22. The van der Waals surface area contributed by atoms with Crippen molar-refractivity contribution in [1.29, 1.82) is 0 Å². The molecule has 0 saturated carbocycles. The monoisotopic (exact) mass is 226 g/mol. The average Bonchev–Trinajstić information content (AvgIpc) is 2.31. The first kappa shape index (κ1) is 15.6. The van der Waals surface area contributed by atoms with E-state index in [1.165, 1.54) is 25.0 Å². The molecule has 0 aromatic rings. The lowest BCUT2D eigenvalue weighted by atomic mass is 9.86.